The van der Waals surface area contributed by atoms with Crippen molar-refractivity contribution in [2.45, 2.75) is 63.3 Å². The Labute approximate surface area is 249 Å². The van der Waals surface area contributed by atoms with Crippen LogP contribution in [-0.4, -0.2) is 84.7 Å². The maximum atomic E-state index is 13.1. The van der Waals surface area contributed by atoms with Crippen molar-refractivity contribution in [2.24, 2.45) is 0 Å². The topological polar surface area (TPSA) is 115 Å². The zero-order chi connectivity index (χ0) is 32.1. The number of alkyl halides is 5. The number of hydrogen-bond donors (Lipinski definition) is 1. The minimum atomic E-state index is -5.85. The van der Waals surface area contributed by atoms with E-state index in [9.17, 15) is 26.7 Å². The predicted molar refractivity (Wildman–Crippen MR) is 144 cm³/mol. The van der Waals surface area contributed by atoms with Crippen LogP contribution in [0.25, 0.3) is 17.1 Å². The minimum absolute atomic E-state index is 0.279. The third-order valence-corrected chi connectivity index (χ3v) is 6.57. The number of aromatic nitrogens is 3. The summed E-state index contributed by atoms with van der Waals surface area (Å²) in [6.45, 7) is 4.22. The molecule has 0 bridgehead atoms. The molecule has 0 spiro atoms. The number of anilines is 1. The first-order valence-corrected chi connectivity index (χ1v) is 13.4. The molecule has 1 saturated heterocycles. The van der Waals surface area contributed by atoms with E-state index in [2.05, 4.69) is 20.1 Å². The van der Waals surface area contributed by atoms with Crippen LogP contribution in [0.15, 0.2) is 54.9 Å². The lowest BCUT2D eigenvalue weighted by atomic mass is 9.99. The highest BCUT2D eigenvalue weighted by molar-refractivity contribution is 5.85. The van der Waals surface area contributed by atoms with E-state index in [1.807, 2.05) is 6.92 Å². The molecular formula is C28H31F5N4O7. The van der Waals surface area contributed by atoms with Crippen LogP contribution in [0, 0.1) is 0 Å². The van der Waals surface area contributed by atoms with Crippen LogP contribution in [0.4, 0.5) is 32.4 Å². The number of hydrogen-bond acceptors (Lipinski definition) is 9. The van der Waals surface area contributed by atoms with Gasteiger partial charge in [0.15, 0.2) is 5.82 Å². The first-order chi connectivity index (χ1) is 20.9. The molecule has 2 heterocycles. The van der Waals surface area contributed by atoms with Crippen LogP contribution in [0.3, 0.4) is 0 Å². The molecule has 240 valence electrons. The van der Waals surface area contributed by atoms with Gasteiger partial charge in [-0.25, -0.2) is 14.5 Å². The highest BCUT2D eigenvalue weighted by Crippen LogP contribution is 2.37. The molecule has 3 aromatic rings. The molecular weight excluding hydrogens is 599 g/mol. The lowest BCUT2D eigenvalue weighted by Crippen LogP contribution is -2.60. The van der Waals surface area contributed by atoms with Crippen LogP contribution in [-0.2, 0) is 23.7 Å². The summed E-state index contributed by atoms with van der Waals surface area (Å²) >= 11 is 0. The molecule has 0 aliphatic carbocycles. The van der Waals surface area contributed by atoms with Gasteiger partial charge >= 0.3 is 18.4 Å². The number of rotatable bonds is 11. The fourth-order valence-electron chi connectivity index (χ4n) is 4.43. The fourth-order valence-corrected chi connectivity index (χ4v) is 4.43. The zero-order valence-electron chi connectivity index (χ0n) is 24.1. The van der Waals surface area contributed by atoms with Gasteiger partial charge in [-0.2, -0.15) is 22.0 Å². The van der Waals surface area contributed by atoms with Crippen molar-refractivity contribution in [1.82, 2.24) is 14.8 Å². The van der Waals surface area contributed by atoms with E-state index in [4.69, 9.17) is 23.7 Å². The van der Waals surface area contributed by atoms with Gasteiger partial charge in [0.05, 0.1) is 11.8 Å². The highest BCUT2D eigenvalue weighted by atomic mass is 19.4. The number of methoxy groups -OCH3 is 2. The molecule has 44 heavy (non-hydrogen) atoms. The summed E-state index contributed by atoms with van der Waals surface area (Å²) in [4.78, 5) is 16.9. The van der Waals surface area contributed by atoms with Gasteiger partial charge in [0.1, 0.15) is 30.4 Å². The summed E-state index contributed by atoms with van der Waals surface area (Å²) in [6.07, 6.45) is -13.0. The number of ether oxygens (including phenoxy) is 6. The molecule has 1 aliphatic rings. The van der Waals surface area contributed by atoms with Gasteiger partial charge < -0.3 is 28.4 Å². The lowest BCUT2D eigenvalue weighted by molar-refractivity contribution is -0.360. The molecule has 4 rings (SSSR count). The van der Waals surface area contributed by atoms with Gasteiger partial charge in [-0.15, -0.1) is 5.10 Å². The molecule has 1 aliphatic heterocycles. The van der Waals surface area contributed by atoms with E-state index in [1.54, 1.807) is 38.3 Å². The Morgan fingerprint density at radius 3 is 2.23 bits per heavy atom. The van der Waals surface area contributed by atoms with Crippen molar-refractivity contribution in [3.05, 3.63) is 54.9 Å². The van der Waals surface area contributed by atoms with Gasteiger partial charge in [-0.1, -0.05) is 6.92 Å². The molecule has 1 fully saturated rings. The van der Waals surface area contributed by atoms with Crippen LogP contribution >= 0.6 is 0 Å². The third kappa shape index (κ3) is 7.61. The van der Waals surface area contributed by atoms with Gasteiger partial charge in [0, 0.05) is 32.1 Å². The van der Waals surface area contributed by atoms with E-state index < -0.39 is 54.8 Å². The van der Waals surface area contributed by atoms with E-state index in [1.165, 1.54) is 30.3 Å². The largest absolute Gasteiger partial charge is 0.499 e. The molecule has 11 nitrogen and oxygen atoms in total. The number of nitrogens with zero attached hydrogens (tertiary/aromatic N) is 3. The summed E-state index contributed by atoms with van der Waals surface area (Å²) in [6, 6.07) is 10.9. The quantitative estimate of drug-likeness (QED) is 0.271. The zero-order valence-corrected chi connectivity index (χ0v) is 24.1. The number of benzene rings is 2. The molecule has 2 aromatic carbocycles. The maximum Gasteiger partial charge on any atom is 0.499 e. The summed E-state index contributed by atoms with van der Waals surface area (Å²) in [5.74, 6) is -0.398. The molecule has 16 heteroatoms. The first-order valence-electron chi connectivity index (χ1n) is 13.4. The average Bonchev–Trinajstić information content (AvgIpc) is 3.46. The number of halogens is 5. The Bertz CT molecular complexity index is 1370. The first kappa shape index (κ1) is 33.0. The normalized spacial score (nSPS) is 22.4. The molecule has 0 unspecified atom stereocenters. The van der Waals surface area contributed by atoms with Gasteiger partial charge in [0.25, 0.3) is 0 Å². The minimum Gasteiger partial charge on any atom is -0.426 e. The number of nitrogens with one attached hydrogen (secondary N) is 1. The van der Waals surface area contributed by atoms with Crippen LogP contribution in [0.2, 0.25) is 0 Å². The molecule has 0 saturated carbocycles. The molecule has 1 aromatic heterocycles. The second-order valence-corrected chi connectivity index (χ2v) is 9.68. The van der Waals surface area contributed by atoms with Gasteiger partial charge in [-0.05, 0) is 61.9 Å². The van der Waals surface area contributed by atoms with Crippen molar-refractivity contribution in [2.75, 3.05) is 26.1 Å². The van der Waals surface area contributed by atoms with Crippen LogP contribution in [0.5, 0.6) is 5.75 Å². The van der Waals surface area contributed by atoms with Crippen molar-refractivity contribution < 1.29 is 55.2 Å². The lowest BCUT2D eigenvalue weighted by Gasteiger charge is -2.43. The summed E-state index contributed by atoms with van der Waals surface area (Å²) in [7, 11) is 3.01. The van der Waals surface area contributed by atoms with Crippen molar-refractivity contribution >= 4 is 11.8 Å². The van der Waals surface area contributed by atoms with E-state index >= 15 is 0 Å². The van der Waals surface area contributed by atoms with Crippen molar-refractivity contribution in [3.63, 3.8) is 0 Å². The predicted octanol–water partition coefficient (Wildman–Crippen LogP) is 5.59. The highest BCUT2D eigenvalue weighted by Gasteiger charge is 2.61. The van der Waals surface area contributed by atoms with E-state index in [0.29, 0.717) is 23.5 Å². The number of carbonyl (C=O) groups excluding carboxylic acids is 1. The van der Waals surface area contributed by atoms with Gasteiger partial charge in [0.2, 0.25) is 6.29 Å². The summed E-state index contributed by atoms with van der Waals surface area (Å²) in [5.41, 5.74) is 1.30. The number of amides is 1. The smallest absolute Gasteiger partial charge is 0.426 e. The molecule has 1 N–H and O–H groups in total. The second kappa shape index (κ2) is 13.8. The van der Waals surface area contributed by atoms with Gasteiger partial charge in [-0.3, -0.25) is 5.32 Å². The number of carbonyl (C=O) groups is 1. The molecule has 5 atom stereocenters. The third-order valence-electron chi connectivity index (χ3n) is 6.57. The Morgan fingerprint density at radius 2 is 1.64 bits per heavy atom. The summed E-state index contributed by atoms with van der Waals surface area (Å²) in [5, 5.41) is 6.92. The van der Waals surface area contributed by atoms with E-state index in [-0.39, 0.29) is 5.82 Å². The monoisotopic (exact) mass is 630 g/mol. The van der Waals surface area contributed by atoms with Crippen molar-refractivity contribution in [3.8, 4) is 22.8 Å². The standard InChI is InChI=1S/C28H31F5N4O7/c1-5-14-41-22-21(39-3)16(2)42-25(23(22)40-4)43-26(38)35-18-8-6-17(7-9-18)24-34-15-37(36-24)19-10-12-20(13-11-19)44-28(32,33)27(29,30)31/h6-13,15-16,21-23,25H,5,14H2,1-4H3,(H,35,38)/t16-,21-,22+,23+,25-/m0/s1. The average molecular weight is 631 g/mol. The Balaban J connectivity index is 1.37. The van der Waals surface area contributed by atoms with Crippen molar-refractivity contribution in [1.29, 1.82) is 0 Å². The second-order valence-electron chi connectivity index (χ2n) is 9.68. The van der Waals surface area contributed by atoms with Crippen LogP contribution in [0.1, 0.15) is 20.3 Å². The molecule has 1 amide bonds. The van der Waals surface area contributed by atoms with E-state index in [0.717, 1.165) is 18.6 Å². The van der Waals surface area contributed by atoms with Crippen LogP contribution < -0.4 is 10.1 Å². The SMILES string of the molecule is CCCO[C@@H]1[C@@H](OC)[C@H](C)O[C@@H](OC(=O)Nc2ccc(-c3ncn(-c4ccc(OC(F)(F)C(F)(F)F)cc4)n3)cc2)[C@@H]1OC. The maximum absolute atomic E-state index is 13.1. The fraction of sp³-hybridized carbons (Fsp3) is 0.464. The Morgan fingerprint density at radius 1 is 0.977 bits per heavy atom. The Kier molecular flexibility index (Phi) is 10.4. The molecule has 0 radical (unpaired) electrons. The Hall–Kier alpha value is -3.86. The summed E-state index contributed by atoms with van der Waals surface area (Å²) < 4.78 is 96.9.